The number of nitrogens with zero attached hydrogens (tertiary/aromatic N) is 1. The van der Waals surface area contributed by atoms with Gasteiger partial charge < -0.3 is 4.18 Å². The van der Waals surface area contributed by atoms with Crippen LogP contribution in [0.2, 0.25) is 0 Å². The standard InChI is InChI=1S/C16H18INO5S2/c1-3-18(4-2)24(19,20)15-8-10-16(11-9-15)25(21,22)23-14-7-5-6-13(17)12-14/h5-12H,3-4H2,1-2H3. The predicted molar refractivity (Wildman–Crippen MR) is 104 cm³/mol. The van der Waals surface area contributed by atoms with E-state index in [1.807, 2.05) is 6.07 Å². The quantitative estimate of drug-likeness (QED) is 0.436. The van der Waals surface area contributed by atoms with Crippen LogP contribution >= 0.6 is 22.6 Å². The van der Waals surface area contributed by atoms with Crippen molar-refractivity contribution in [1.82, 2.24) is 4.31 Å². The number of benzene rings is 2. The highest BCUT2D eigenvalue weighted by Gasteiger charge is 2.23. The Kier molecular flexibility index (Phi) is 6.46. The molecule has 0 saturated carbocycles. The molecule has 2 rings (SSSR count). The van der Waals surface area contributed by atoms with Crippen LogP contribution in [0, 0.1) is 3.57 Å². The monoisotopic (exact) mass is 495 g/mol. The molecule has 0 N–H and O–H groups in total. The SMILES string of the molecule is CCN(CC)S(=O)(=O)c1ccc(S(=O)(=O)Oc2cccc(I)c2)cc1. The number of hydrogen-bond acceptors (Lipinski definition) is 5. The number of rotatable bonds is 7. The van der Waals surface area contributed by atoms with Crippen LogP contribution in [-0.4, -0.2) is 34.2 Å². The fourth-order valence-corrected chi connectivity index (χ4v) is 5.08. The Balaban J connectivity index is 2.30. The Morgan fingerprint density at radius 2 is 1.48 bits per heavy atom. The predicted octanol–water partition coefficient (Wildman–Crippen LogP) is 3.09. The van der Waals surface area contributed by atoms with Gasteiger partial charge in [0.2, 0.25) is 10.0 Å². The van der Waals surface area contributed by atoms with Crippen molar-refractivity contribution in [2.75, 3.05) is 13.1 Å². The fourth-order valence-electron chi connectivity index (χ4n) is 2.18. The van der Waals surface area contributed by atoms with E-state index in [2.05, 4.69) is 22.6 Å². The molecule has 0 saturated heterocycles. The number of halogens is 1. The normalized spacial score (nSPS) is 12.3. The molecule has 0 aliphatic heterocycles. The Morgan fingerprint density at radius 1 is 0.920 bits per heavy atom. The second-order valence-corrected chi connectivity index (χ2v) is 9.79. The van der Waals surface area contributed by atoms with E-state index in [0.29, 0.717) is 13.1 Å². The zero-order valence-corrected chi connectivity index (χ0v) is 17.5. The van der Waals surface area contributed by atoms with E-state index in [1.165, 1.54) is 28.6 Å². The topological polar surface area (TPSA) is 80.8 Å². The van der Waals surface area contributed by atoms with Crippen molar-refractivity contribution in [3.05, 3.63) is 52.1 Å². The van der Waals surface area contributed by atoms with Crippen LogP contribution in [0.25, 0.3) is 0 Å². The molecule has 9 heteroatoms. The average Bonchev–Trinajstić information content (AvgIpc) is 2.55. The van der Waals surface area contributed by atoms with Crippen LogP contribution < -0.4 is 4.18 Å². The highest BCUT2D eigenvalue weighted by molar-refractivity contribution is 14.1. The zero-order valence-electron chi connectivity index (χ0n) is 13.7. The summed E-state index contributed by atoms with van der Waals surface area (Å²) in [6.07, 6.45) is 0. The summed E-state index contributed by atoms with van der Waals surface area (Å²) in [4.78, 5) is -0.0609. The summed E-state index contributed by atoms with van der Waals surface area (Å²) in [6.45, 7) is 4.17. The van der Waals surface area contributed by atoms with Gasteiger partial charge in [-0.1, -0.05) is 19.9 Å². The van der Waals surface area contributed by atoms with E-state index in [-0.39, 0.29) is 15.5 Å². The van der Waals surface area contributed by atoms with Gasteiger partial charge in [-0.15, -0.1) is 0 Å². The molecule has 0 radical (unpaired) electrons. The van der Waals surface area contributed by atoms with E-state index in [4.69, 9.17) is 4.18 Å². The van der Waals surface area contributed by atoms with Crippen molar-refractivity contribution >= 4 is 42.7 Å². The van der Waals surface area contributed by atoms with E-state index < -0.39 is 20.1 Å². The zero-order chi connectivity index (χ0) is 18.7. The Morgan fingerprint density at radius 3 is 2.00 bits per heavy atom. The highest BCUT2D eigenvalue weighted by atomic mass is 127. The van der Waals surface area contributed by atoms with Gasteiger partial charge >= 0.3 is 10.1 Å². The molecule has 0 aliphatic rings. The van der Waals surface area contributed by atoms with Crippen LogP contribution in [0.3, 0.4) is 0 Å². The van der Waals surface area contributed by atoms with Crippen LogP contribution in [0.4, 0.5) is 0 Å². The number of hydrogen-bond donors (Lipinski definition) is 0. The lowest BCUT2D eigenvalue weighted by Gasteiger charge is -2.18. The van der Waals surface area contributed by atoms with Crippen molar-refractivity contribution in [2.24, 2.45) is 0 Å². The molecule has 25 heavy (non-hydrogen) atoms. The Bertz CT molecular complexity index is 937. The minimum atomic E-state index is -4.04. The molecular formula is C16H18INO5S2. The third-order valence-electron chi connectivity index (χ3n) is 3.46. The summed E-state index contributed by atoms with van der Waals surface area (Å²) in [5, 5.41) is 0. The van der Waals surface area contributed by atoms with Crippen LogP contribution in [0.15, 0.2) is 58.3 Å². The van der Waals surface area contributed by atoms with Crippen LogP contribution in [-0.2, 0) is 20.1 Å². The Hall–Kier alpha value is -1.17. The van der Waals surface area contributed by atoms with E-state index in [1.54, 1.807) is 32.0 Å². The maximum Gasteiger partial charge on any atom is 0.339 e. The summed E-state index contributed by atoms with van der Waals surface area (Å²) < 4.78 is 56.8. The summed E-state index contributed by atoms with van der Waals surface area (Å²) in [5.41, 5.74) is 0. The first-order valence-corrected chi connectivity index (χ1v) is 11.4. The van der Waals surface area contributed by atoms with Crippen LogP contribution in [0.5, 0.6) is 5.75 Å². The molecule has 0 fully saturated rings. The highest BCUT2D eigenvalue weighted by Crippen LogP contribution is 2.22. The summed E-state index contributed by atoms with van der Waals surface area (Å²) in [7, 11) is -7.67. The van der Waals surface area contributed by atoms with Gasteiger partial charge in [0.1, 0.15) is 10.6 Å². The van der Waals surface area contributed by atoms with Gasteiger partial charge in [-0.3, -0.25) is 0 Å². The van der Waals surface area contributed by atoms with Gasteiger partial charge in [-0.2, -0.15) is 12.7 Å². The molecule has 0 heterocycles. The van der Waals surface area contributed by atoms with Crippen molar-refractivity contribution in [2.45, 2.75) is 23.6 Å². The van der Waals surface area contributed by atoms with Gasteiger partial charge in [0.15, 0.2) is 0 Å². The average molecular weight is 495 g/mol. The Labute approximate surface area is 162 Å². The van der Waals surface area contributed by atoms with Gasteiger partial charge in [-0.25, -0.2) is 8.42 Å². The van der Waals surface area contributed by atoms with Crippen LogP contribution in [0.1, 0.15) is 13.8 Å². The maximum atomic E-state index is 12.4. The van der Waals surface area contributed by atoms with Gasteiger partial charge in [-0.05, 0) is 65.1 Å². The molecular weight excluding hydrogens is 477 g/mol. The first-order valence-electron chi connectivity index (χ1n) is 7.51. The smallest absolute Gasteiger partial charge is 0.339 e. The van der Waals surface area contributed by atoms with E-state index in [0.717, 1.165) is 3.57 Å². The lowest BCUT2D eigenvalue weighted by atomic mass is 10.3. The van der Waals surface area contributed by atoms with Gasteiger partial charge in [0.25, 0.3) is 0 Å². The van der Waals surface area contributed by atoms with Crippen molar-refractivity contribution < 1.29 is 21.0 Å². The molecule has 0 amide bonds. The minimum absolute atomic E-state index is 0.0457. The minimum Gasteiger partial charge on any atom is -0.379 e. The lowest BCUT2D eigenvalue weighted by molar-refractivity contribution is 0.445. The molecule has 0 aliphatic carbocycles. The molecule has 0 bridgehead atoms. The first-order chi connectivity index (χ1) is 11.7. The van der Waals surface area contributed by atoms with E-state index in [9.17, 15) is 16.8 Å². The lowest BCUT2D eigenvalue weighted by Crippen LogP contribution is -2.30. The van der Waals surface area contributed by atoms with Crippen molar-refractivity contribution in [1.29, 1.82) is 0 Å². The maximum absolute atomic E-state index is 12.4. The largest absolute Gasteiger partial charge is 0.379 e. The molecule has 0 unspecified atom stereocenters. The molecule has 0 atom stereocenters. The summed E-state index contributed by atoms with van der Waals surface area (Å²) >= 11 is 2.05. The summed E-state index contributed by atoms with van der Waals surface area (Å²) in [6, 6.07) is 11.7. The van der Waals surface area contributed by atoms with Crippen molar-refractivity contribution in [3.63, 3.8) is 0 Å². The van der Waals surface area contributed by atoms with Gasteiger partial charge in [0.05, 0.1) is 4.90 Å². The van der Waals surface area contributed by atoms with E-state index >= 15 is 0 Å². The third-order valence-corrected chi connectivity index (χ3v) is 7.45. The summed E-state index contributed by atoms with van der Waals surface area (Å²) in [5.74, 6) is 0.201. The number of sulfonamides is 1. The van der Waals surface area contributed by atoms with Crippen molar-refractivity contribution in [3.8, 4) is 5.75 Å². The first kappa shape index (κ1) is 20.1. The second kappa shape index (κ2) is 8.02. The fraction of sp³-hybridized carbons (Fsp3) is 0.250. The second-order valence-electron chi connectivity index (χ2n) is 5.06. The third kappa shape index (κ3) is 4.72. The molecule has 0 aromatic heterocycles. The molecule has 2 aromatic rings. The molecule has 6 nitrogen and oxygen atoms in total. The molecule has 2 aromatic carbocycles. The van der Waals surface area contributed by atoms with Gasteiger partial charge in [0, 0.05) is 16.7 Å². The molecule has 0 spiro atoms. The molecule has 136 valence electrons.